The second kappa shape index (κ2) is 9.13. The zero-order valence-corrected chi connectivity index (χ0v) is 16.1. The Labute approximate surface area is 155 Å². The second-order valence-corrected chi connectivity index (χ2v) is 6.43. The van der Waals surface area contributed by atoms with E-state index in [1.807, 2.05) is 37.3 Å². The van der Waals surface area contributed by atoms with Gasteiger partial charge in [-0.05, 0) is 47.7 Å². The first-order valence-corrected chi connectivity index (χ1v) is 8.65. The summed E-state index contributed by atoms with van der Waals surface area (Å²) in [6.07, 6.45) is 0. The number of carbonyl (C=O) groups is 1. The first-order chi connectivity index (χ1) is 12.4. The van der Waals surface area contributed by atoms with E-state index in [9.17, 15) is 4.79 Å². The molecule has 26 heavy (non-hydrogen) atoms. The van der Waals surface area contributed by atoms with Crippen molar-refractivity contribution >= 4 is 5.91 Å². The van der Waals surface area contributed by atoms with Gasteiger partial charge in [-0.15, -0.1) is 0 Å². The fourth-order valence-corrected chi connectivity index (χ4v) is 2.52. The number of nitrogens with one attached hydrogen (secondary N) is 1. The molecule has 5 heteroatoms. The van der Waals surface area contributed by atoms with Crippen molar-refractivity contribution in [1.29, 1.82) is 0 Å². The maximum absolute atomic E-state index is 12.1. The van der Waals surface area contributed by atoms with Crippen LogP contribution in [0.1, 0.15) is 36.5 Å². The van der Waals surface area contributed by atoms with Crippen LogP contribution >= 0.6 is 0 Å². The molecule has 0 aliphatic carbocycles. The summed E-state index contributed by atoms with van der Waals surface area (Å²) in [6, 6.07) is 11.7. The topological polar surface area (TPSA) is 56.8 Å². The maximum Gasteiger partial charge on any atom is 0.258 e. The first kappa shape index (κ1) is 19.6. The zero-order chi connectivity index (χ0) is 19.1. The summed E-state index contributed by atoms with van der Waals surface area (Å²) < 4.78 is 16.2. The van der Waals surface area contributed by atoms with Gasteiger partial charge in [-0.1, -0.05) is 32.0 Å². The number of rotatable bonds is 8. The van der Waals surface area contributed by atoms with Crippen molar-refractivity contribution in [2.75, 3.05) is 20.8 Å². The summed E-state index contributed by atoms with van der Waals surface area (Å²) in [5, 5.41) is 2.85. The Balaban J connectivity index is 1.91. The molecule has 0 saturated heterocycles. The van der Waals surface area contributed by atoms with Crippen LogP contribution in [-0.2, 0) is 11.3 Å². The highest BCUT2D eigenvalue weighted by atomic mass is 16.5. The van der Waals surface area contributed by atoms with Gasteiger partial charge >= 0.3 is 0 Å². The Morgan fingerprint density at radius 2 is 1.73 bits per heavy atom. The Morgan fingerprint density at radius 3 is 2.38 bits per heavy atom. The number of amides is 1. The van der Waals surface area contributed by atoms with Gasteiger partial charge in [0.05, 0.1) is 14.2 Å². The van der Waals surface area contributed by atoms with E-state index < -0.39 is 0 Å². The second-order valence-electron chi connectivity index (χ2n) is 6.43. The van der Waals surface area contributed by atoms with Crippen molar-refractivity contribution in [2.45, 2.75) is 33.2 Å². The summed E-state index contributed by atoms with van der Waals surface area (Å²) in [4.78, 5) is 12.1. The fraction of sp³-hybridized carbons (Fsp3) is 0.381. The molecular formula is C21H27NO4. The normalized spacial score (nSPS) is 10.5. The summed E-state index contributed by atoms with van der Waals surface area (Å²) in [5.74, 6) is 2.28. The van der Waals surface area contributed by atoms with Crippen molar-refractivity contribution in [1.82, 2.24) is 5.32 Å². The van der Waals surface area contributed by atoms with E-state index in [0.717, 1.165) is 16.9 Å². The van der Waals surface area contributed by atoms with Gasteiger partial charge in [0.1, 0.15) is 5.75 Å². The van der Waals surface area contributed by atoms with Crippen LogP contribution in [-0.4, -0.2) is 26.7 Å². The lowest BCUT2D eigenvalue weighted by atomic mass is 10.0. The van der Waals surface area contributed by atoms with Gasteiger partial charge in [-0.2, -0.15) is 0 Å². The van der Waals surface area contributed by atoms with Crippen LogP contribution in [0.3, 0.4) is 0 Å². The molecule has 1 N–H and O–H groups in total. The molecule has 0 aromatic heterocycles. The molecule has 0 spiro atoms. The average molecular weight is 357 g/mol. The highest BCUT2D eigenvalue weighted by molar-refractivity contribution is 5.77. The van der Waals surface area contributed by atoms with E-state index in [1.54, 1.807) is 14.2 Å². The van der Waals surface area contributed by atoms with E-state index in [4.69, 9.17) is 14.2 Å². The van der Waals surface area contributed by atoms with Crippen molar-refractivity contribution in [3.63, 3.8) is 0 Å². The SMILES string of the molecule is COc1ccc(CNC(=O)COc2cc(C(C)C)ccc2C)cc1OC. The van der Waals surface area contributed by atoms with Gasteiger partial charge in [0.15, 0.2) is 18.1 Å². The molecule has 0 atom stereocenters. The molecule has 1 amide bonds. The van der Waals surface area contributed by atoms with Gasteiger partial charge in [-0.25, -0.2) is 0 Å². The maximum atomic E-state index is 12.1. The van der Waals surface area contributed by atoms with Crippen LogP contribution < -0.4 is 19.5 Å². The molecule has 0 radical (unpaired) electrons. The molecule has 2 rings (SSSR count). The monoisotopic (exact) mass is 357 g/mol. The molecule has 0 unspecified atom stereocenters. The Bertz CT molecular complexity index is 756. The van der Waals surface area contributed by atoms with Crippen LogP contribution in [0.2, 0.25) is 0 Å². The fourth-order valence-electron chi connectivity index (χ4n) is 2.52. The third kappa shape index (κ3) is 5.15. The third-order valence-corrected chi connectivity index (χ3v) is 4.18. The van der Waals surface area contributed by atoms with Crippen molar-refractivity contribution in [3.8, 4) is 17.2 Å². The Kier molecular flexibility index (Phi) is 6.89. The lowest BCUT2D eigenvalue weighted by Gasteiger charge is -2.13. The van der Waals surface area contributed by atoms with Gasteiger partial charge in [0.2, 0.25) is 0 Å². The van der Waals surface area contributed by atoms with E-state index in [2.05, 4.69) is 25.2 Å². The number of ether oxygens (including phenoxy) is 3. The molecule has 5 nitrogen and oxygen atoms in total. The van der Waals surface area contributed by atoms with Gasteiger partial charge in [0.25, 0.3) is 5.91 Å². The summed E-state index contributed by atoms with van der Waals surface area (Å²) in [6.45, 7) is 6.61. The third-order valence-electron chi connectivity index (χ3n) is 4.18. The number of aryl methyl sites for hydroxylation is 1. The molecule has 0 fully saturated rings. The van der Waals surface area contributed by atoms with Crippen LogP contribution in [0.4, 0.5) is 0 Å². The number of hydrogen-bond donors (Lipinski definition) is 1. The van der Waals surface area contributed by atoms with Gasteiger partial charge in [-0.3, -0.25) is 4.79 Å². The van der Waals surface area contributed by atoms with Crippen molar-refractivity contribution in [3.05, 3.63) is 53.1 Å². The van der Waals surface area contributed by atoms with E-state index in [1.165, 1.54) is 5.56 Å². The van der Waals surface area contributed by atoms with Gasteiger partial charge in [0, 0.05) is 6.54 Å². The summed E-state index contributed by atoms with van der Waals surface area (Å²) in [7, 11) is 3.18. The molecule has 0 heterocycles. The lowest BCUT2D eigenvalue weighted by molar-refractivity contribution is -0.123. The number of hydrogen-bond acceptors (Lipinski definition) is 4. The zero-order valence-electron chi connectivity index (χ0n) is 16.1. The highest BCUT2D eigenvalue weighted by Gasteiger charge is 2.09. The molecule has 2 aromatic rings. The van der Waals surface area contributed by atoms with E-state index in [0.29, 0.717) is 24.0 Å². The van der Waals surface area contributed by atoms with Crippen LogP contribution in [0.5, 0.6) is 17.2 Å². The molecule has 0 aliphatic rings. The standard InChI is InChI=1S/C21H27NO4/c1-14(2)17-8-6-15(3)19(11-17)26-13-21(23)22-12-16-7-9-18(24-4)20(10-16)25-5/h6-11,14H,12-13H2,1-5H3,(H,22,23). The molecule has 0 bridgehead atoms. The molecule has 0 saturated carbocycles. The molecule has 140 valence electrons. The van der Waals surface area contributed by atoms with Gasteiger partial charge < -0.3 is 19.5 Å². The van der Waals surface area contributed by atoms with Crippen molar-refractivity contribution < 1.29 is 19.0 Å². The predicted molar refractivity (Wildman–Crippen MR) is 102 cm³/mol. The van der Waals surface area contributed by atoms with E-state index in [-0.39, 0.29) is 12.5 Å². The highest BCUT2D eigenvalue weighted by Crippen LogP contribution is 2.27. The van der Waals surface area contributed by atoms with Crippen LogP contribution in [0, 0.1) is 6.92 Å². The molecule has 2 aromatic carbocycles. The smallest absolute Gasteiger partial charge is 0.258 e. The first-order valence-electron chi connectivity index (χ1n) is 8.65. The predicted octanol–water partition coefficient (Wildman–Crippen LogP) is 3.83. The largest absolute Gasteiger partial charge is 0.493 e. The van der Waals surface area contributed by atoms with Crippen molar-refractivity contribution in [2.24, 2.45) is 0 Å². The van der Waals surface area contributed by atoms with Crippen LogP contribution in [0.25, 0.3) is 0 Å². The Morgan fingerprint density at radius 1 is 1.00 bits per heavy atom. The quantitative estimate of drug-likeness (QED) is 0.780. The molecular weight excluding hydrogens is 330 g/mol. The number of benzene rings is 2. The van der Waals surface area contributed by atoms with Crippen LogP contribution in [0.15, 0.2) is 36.4 Å². The van der Waals surface area contributed by atoms with E-state index >= 15 is 0 Å². The minimum atomic E-state index is -0.172. The number of carbonyl (C=O) groups excluding carboxylic acids is 1. The lowest BCUT2D eigenvalue weighted by Crippen LogP contribution is -2.28. The number of methoxy groups -OCH3 is 2. The summed E-state index contributed by atoms with van der Waals surface area (Å²) in [5.41, 5.74) is 3.13. The minimum absolute atomic E-state index is 0.0182. The Hall–Kier alpha value is -2.69. The summed E-state index contributed by atoms with van der Waals surface area (Å²) >= 11 is 0. The molecule has 0 aliphatic heterocycles. The minimum Gasteiger partial charge on any atom is -0.493 e. The average Bonchev–Trinajstić information content (AvgIpc) is 2.65.